The molecule has 3 N–H and O–H groups in total. The van der Waals surface area contributed by atoms with E-state index in [0.29, 0.717) is 25.1 Å². The van der Waals surface area contributed by atoms with E-state index in [4.69, 9.17) is 4.42 Å². The molecular weight excluding hydrogens is 310 g/mol. The third kappa shape index (κ3) is 3.81. The molecule has 24 heavy (non-hydrogen) atoms. The zero-order chi connectivity index (χ0) is 16.9. The van der Waals surface area contributed by atoms with Gasteiger partial charge in [0.15, 0.2) is 5.76 Å². The summed E-state index contributed by atoms with van der Waals surface area (Å²) in [4.78, 5) is 34.9. The molecule has 3 rings (SSSR count). The van der Waals surface area contributed by atoms with E-state index in [1.165, 1.54) is 6.26 Å². The number of furan rings is 1. The molecule has 2 heterocycles. The Morgan fingerprint density at radius 2 is 2.00 bits per heavy atom. The molecule has 0 aliphatic carbocycles. The van der Waals surface area contributed by atoms with Crippen molar-refractivity contribution in [2.24, 2.45) is 0 Å². The first kappa shape index (κ1) is 15.8. The van der Waals surface area contributed by atoms with Gasteiger partial charge in [0.05, 0.1) is 6.26 Å². The fourth-order valence-electron chi connectivity index (χ4n) is 2.43. The summed E-state index contributed by atoms with van der Waals surface area (Å²) in [6.07, 6.45) is 2.36. The topological polar surface area (TPSA) is 100 Å². The van der Waals surface area contributed by atoms with Crippen LogP contribution in [0.1, 0.15) is 29.0 Å². The van der Waals surface area contributed by atoms with Crippen molar-refractivity contribution in [1.82, 2.24) is 10.6 Å². The number of nitrogens with one attached hydrogen (secondary N) is 3. The molecule has 1 aliphatic heterocycles. The Morgan fingerprint density at radius 1 is 1.21 bits per heavy atom. The second-order valence-corrected chi connectivity index (χ2v) is 5.50. The molecule has 1 aromatic carbocycles. The third-order valence-electron chi connectivity index (χ3n) is 3.74. The smallest absolute Gasteiger partial charge is 0.291 e. The predicted octanol–water partition coefficient (Wildman–Crippen LogP) is 1.43. The van der Waals surface area contributed by atoms with Gasteiger partial charge in [0.2, 0.25) is 11.8 Å². The summed E-state index contributed by atoms with van der Waals surface area (Å²) in [5.41, 5.74) is 1.53. The molecule has 1 aromatic heterocycles. The van der Waals surface area contributed by atoms with E-state index in [1.54, 1.807) is 24.3 Å². The summed E-state index contributed by atoms with van der Waals surface area (Å²) in [7, 11) is 0. The van der Waals surface area contributed by atoms with E-state index < -0.39 is 6.04 Å². The number of carbonyl (C=O) groups is 3. The maximum atomic E-state index is 11.9. The van der Waals surface area contributed by atoms with Crippen molar-refractivity contribution in [1.29, 1.82) is 0 Å². The molecular formula is C17H17N3O4. The minimum absolute atomic E-state index is 0.0909. The molecule has 0 radical (unpaired) electrons. The molecule has 0 bridgehead atoms. The predicted molar refractivity (Wildman–Crippen MR) is 86.1 cm³/mol. The Hall–Kier alpha value is -3.09. The van der Waals surface area contributed by atoms with Crippen molar-refractivity contribution in [3.05, 3.63) is 54.0 Å². The molecule has 0 saturated carbocycles. The molecule has 1 aliphatic rings. The second-order valence-electron chi connectivity index (χ2n) is 5.50. The SMILES string of the molecule is O=C1CC[C@H](C(=O)NCc2ccc(NC(=O)c3ccco3)cc2)N1. The molecule has 1 atom stereocenters. The van der Waals surface area contributed by atoms with Gasteiger partial charge >= 0.3 is 0 Å². The van der Waals surface area contributed by atoms with Crippen molar-refractivity contribution < 1.29 is 18.8 Å². The third-order valence-corrected chi connectivity index (χ3v) is 3.74. The minimum Gasteiger partial charge on any atom is -0.459 e. The van der Waals surface area contributed by atoms with Crippen LogP contribution >= 0.6 is 0 Å². The van der Waals surface area contributed by atoms with Crippen LogP contribution in [0.15, 0.2) is 47.1 Å². The molecule has 0 unspecified atom stereocenters. The normalized spacial score (nSPS) is 16.5. The minimum atomic E-state index is -0.440. The van der Waals surface area contributed by atoms with Gasteiger partial charge < -0.3 is 20.4 Å². The Bertz CT molecular complexity index is 738. The average molecular weight is 327 g/mol. The highest BCUT2D eigenvalue weighted by atomic mass is 16.3. The Morgan fingerprint density at radius 3 is 2.62 bits per heavy atom. The quantitative estimate of drug-likeness (QED) is 0.773. The Kier molecular flexibility index (Phi) is 4.60. The molecule has 0 spiro atoms. The van der Waals surface area contributed by atoms with Crippen LogP contribution in [-0.2, 0) is 16.1 Å². The lowest BCUT2D eigenvalue weighted by molar-refractivity contribution is -0.125. The van der Waals surface area contributed by atoms with Crippen LogP contribution in [0.2, 0.25) is 0 Å². The largest absolute Gasteiger partial charge is 0.459 e. The number of benzene rings is 1. The molecule has 3 amide bonds. The molecule has 2 aromatic rings. The van der Waals surface area contributed by atoms with Crippen LogP contribution in [0.25, 0.3) is 0 Å². The summed E-state index contributed by atoms with van der Waals surface area (Å²) in [6.45, 7) is 0.359. The summed E-state index contributed by atoms with van der Waals surface area (Å²) < 4.78 is 5.02. The van der Waals surface area contributed by atoms with Gasteiger partial charge in [-0.15, -0.1) is 0 Å². The summed E-state index contributed by atoms with van der Waals surface area (Å²) >= 11 is 0. The summed E-state index contributed by atoms with van der Waals surface area (Å²) in [5.74, 6) is -0.356. The van der Waals surface area contributed by atoms with Crippen LogP contribution in [0.5, 0.6) is 0 Å². The van der Waals surface area contributed by atoms with Gasteiger partial charge in [0.1, 0.15) is 6.04 Å². The van der Waals surface area contributed by atoms with Crippen molar-refractivity contribution in [2.45, 2.75) is 25.4 Å². The van der Waals surface area contributed by atoms with Crippen LogP contribution in [0.3, 0.4) is 0 Å². The van der Waals surface area contributed by atoms with Gasteiger partial charge in [0.25, 0.3) is 5.91 Å². The number of anilines is 1. The van der Waals surface area contributed by atoms with E-state index in [9.17, 15) is 14.4 Å². The van der Waals surface area contributed by atoms with Gasteiger partial charge in [-0.1, -0.05) is 12.1 Å². The van der Waals surface area contributed by atoms with Crippen LogP contribution < -0.4 is 16.0 Å². The summed E-state index contributed by atoms with van der Waals surface area (Å²) in [5, 5.41) is 8.13. The number of amides is 3. The molecule has 7 heteroatoms. The fourth-order valence-corrected chi connectivity index (χ4v) is 2.43. The highest BCUT2D eigenvalue weighted by Crippen LogP contribution is 2.12. The standard InChI is InChI=1S/C17H17N3O4/c21-15-8-7-13(20-15)16(22)18-10-11-3-5-12(6-4-11)19-17(23)14-2-1-9-24-14/h1-6,9,13H,7-8,10H2,(H,18,22)(H,19,23)(H,20,21)/t13-/m1/s1. The van der Waals surface area contributed by atoms with E-state index in [-0.39, 0.29) is 23.5 Å². The first-order valence-corrected chi connectivity index (χ1v) is 7.63. The number of rotatable bonds is 5. The van der Waals surface area contributed by atoms with Crippen LogP contribution in [0, 0.1) is 0 Å². The van der Waals surface area contributed by atoms with E-state index in [1.807, 2.05) is 12.1 Å². The van der Waals surface area contributed by atoms with Crippen molar-refractivity contribution in [3.63, 3.8) is 0 Å². The number of carbonyl (C=O) groups excluding carboxylic acids is 3. The molecule has 1 fully saturated rings. The van der Waals surface area contributed by atoms with Gasteiger partial charge in [-0.05, 0) is 36.2 Å². The lowest BCUT2D eigenvalue weighted by Crippen LogP contribution is -2.41. The van der Waals surface area contributed by atoms with Gasteiger partial charge in [-0.3, -0.25) is 14.4 Å². The van der Waals surface area contributed by atoms with Crippen molar-refractivity contribution >= 4 is 23.4 Å². The molecule has 7 nitrogen and oxygen atoms in total. The first-order chi connectivity index (χ1) is 11.6. The number of hydrogen-bond donors (Lipinski definition) is 3. The van der Waals surface area contributed by atoms with Crippen molar-refractivity contribution in [2.75, 3.05) is 5.32 Å². The lowest BCUT2D eigenvalue weighted by atomic mass is 10.2. The Labute approximate surface area is 138 Å². The average Bonchev–Trinajstić information content (AvgIpc) is 3.25. The Balaban J connectivity index is 1.50. The zero-order valence-electron chi connectivity index (χ0n) is 12.9. The van der Waals surface area contributed by atoms with E-state index in [2.05, 4.69) is 16.0 Å². The van der Waals surface area contributed by atoms with Gasteiger partial charge in [-0.2, -0.15) is 0 Å². The van der Waals surface area contributed by atoms with E-state index >= 15 is 0 Å². The van der Waals surface area contributed by atoms with Crippen molar-refractivity contribution in [3.8, 4) is 0 Å². The monoisotopic (exact) mass is 327 g/mol. The van der Waals surface area contributed by atoms with Crippen LogP contribution in [-0.4, -0.2) is 23.8 Å². The van der Waals surface area contributed by atoms with Gasteiger partial charge in [-0.25, -0.2) is 0 Å². The summed E-state index contributed by atoms with van der Waals surface area (Å²) in [6, 6.07) is 9.91. The fraction of sp³-hybridized carbons (Fsp3) is 0.235. The zero-order valence-corrected chi connectivity index (χ0v) is 12.9. The lowest BCUT2D eigenvalue weighted by Gasteiger charge is -2.11. The van der Waals surface area contributed by atoms with Gasteiger partial charge in [0, 0.05) is 18.7 Å². The molecule has 1 saturated heterocycles. The van der Waals surface area contributed by atoms with Crippen LogP contribution in [0.4, 0.5) is 5.69 Å². The second kappa shape index (κ2) is 6.99. The first-order valence-electron chi connectivity index (χ1n) is 7.63. The highest BCUT2D eigenvalue weighted by Gasteiger charge is 2.26. The maximum absolute atomic E-state index is 11.9. The number of hydrogen-bond acceptors (Lipinski definition) is 4. The van der Waals surface area contributed by atoms with E-state index in [0.717, 1.165) is 5.56 Å². The highest BCUT2D eigenvalue weighted by molar-refractivity contribution is 6.02. The molecule has 124 valence electrons. The maximum Gasteiger partial charge on any atom is 0.291 e.